The van der Waals surface area contributed by atoms with Crippen LogP contribution in [0.4, 0.5) is 0 Å². The third kappa shape index (κ3) is 4.43. The maximum atomic E-state index is 5.80. The van der Waals surface area contributed by atoms with E-state index in [0.717, 1.165) is 6.61 Å². The van der Waals surface area contributed by atoms with Crippen molar-refractivity contribution in [1.29, 1.82) is 0 Å². The summed E-state index contributed by atoms with van der Waals surface area (Å²) in [6.07, 6.45) is 4.13. The second-order valence-corrected chi connectivity index (χ2v) is 5.37. The van der Waals surface area contributed by atoms with Crippen LogP contribution >= 0.6 is 0 Å². The standard InChI is InChI=1S/C12H25NO/c1-11(10-14-12(2,3)4)13-8-6-5-7-9-13/h11H,5-10H2,1-4H3. The molecule has 0 spiro atoms. The van der Waals surface area contributed by atoms with Crippen LogP contribution in [0.1, 0.15) is 47.0 Å². The molecule has 14 heavy (non-hydrogen) atoms. The summed E-state index contributed by atoms with van der Waals surface area (Å²) in [5.74, 6) is 0. The Bertz CT molecular complexity index is 156. The highest BCUT2D eigenvalue weighted by Crippen LogP contribution is 2.14. The molecule has 0 amide bonds. The summed E-state index contributed by atoms with van der Waals surface area (Å²) in [7, 11) is 0. The molecule has 1 fully saturated rings. The van der Waals surface area contributed by atoms with Crippen LogP contribution in [0.15, 0.2) is 0 Å². The van der Waals surface area contributed by atoms with Gasteiger partial charge >= 0.3 is 0 Å². The first-order valence-electron chi connectivity index (χ1n) is 5.87. The lowest BCUT2D eigenvalue weighted by Gasteiger charge is -2.33. The van der Waals surface area contributed by atoms with Gasteiger partial charge in [0.15, 0.2) is 0 Å². The zero-order valence-corrected chi connectivity index (χ0v) is 10.2. The summed E-state index contributed by atoms with van der Waals surface area (Å²) in [5, 5.41) is 0. The summed E-state index contributed by atoms with van der Waals surface area (Å²) >= 11 is 0. The van der Waals surface area contributed by atoms with E-state index in [1.165, 1.54) is 32.4 Å². The van der Waals surface area contributed by atoms with E-state index in [9.17, 15) is 0 Å². The Balaban J connectivity index is 2.23. The molecule has 0 aliphatic carbocycles. The number of piperidine rings is 1. The van der Waals surface area contributed by atoms with Crippen molar-refractivity contribution in [3.63, 3.8) is 0 Å². The Kier molecular flexibility index (Phi) is 4.39. The molecule has 0 N–H and O–H groups in total. The predicted octanol–water partition coefficient (Wildman–Crippen LogP) is 2.68. The molecule has 84 valence electrons. The number of likely N-dealkylation sites (tertiary alicyclic amines) is 1. The third-order valence-electron chi connectivity index (χ3n) is 2.77. The van der Waals surface area contributed by atoms with Crippen LogP contribution in [-0.4, -0.2) is 36.2 Å². The highest BCUT2D eigenvalue weighted by molar-refractivity contribution is 4.72. The number of nitrogens with zero attached hydrogens (tertiary/aromatic N) is 1. The second kappa shape index (κ2) is 5.13. The average Bonchev–Trinajstić information content (AvgIpc) is 2.14. The molecule has 0 aromatic carbocycles. The van der Waals surface area contributed by atoms with Crippen LogP contribution in [0.25, 0.3) is 0 Å². The minimum absolute atomic E-state index is 0.00401. The number of hydrogen-bond acceptors (Lipinski definition) is 2. The SMILES string of the molecule is CC(COC(C)(C)C)N1CCCCC1. The van der Waals surface area contributed by atoms with E-state index in [1.54, 1.807) is 0 Å². The Morgan fingerprint density at radius 2 is 1.71 bits per heavy atom. The zero-order valence-electron chi connectivity index (χ0n) is 10.2. The van der Waals surface area contributed by atoms with Crippen LogP contribution in [0.5, 0.6) is 0 Å². The van der Waals surface area contributed by atoms with Gasteiger partial charge in [-0.25, -0.2) is 0 Å². The Labute approximate surface area is 88.6 Å². The number of rotatable bonds is 3. The second-order valence-electron chi connectivity index (χ2n) is 5.37. The largest absolute Gasteiger partial charge is 0.374 e. The molecule has 0 aromatic heterocycles. The third-order valence-corrected chi connectivity index (χ3v) is 2.77. The van der Waals surface area contributed by atoms with E-state index in [0.29, 0.717) is 6.04 Å². The summed E-state index contributed by atoms with van der Waals surface area (Å²) in [6, 6.07) is 0.578. The molecular formula is C12H25NO. The van der Waals surface area contributed by atoms with Gasteiger partial charge in [0.05, 0.1) is 12.2 Å². The molecule has 1 saturated heterocycles. The molecule has 0 bridgehead atoms. The topological polar surface area (TPSA) is 12.5 Å². The fraction of sp³-hybridized carbons (Fsp3) is 1.00. The van der Waals surface area contributed by atoms with Gasteiger partial charge in [0.2, 0.25) is 0 Å². The Morgan fingerprint density at radius 3 is 2.21 bits per heavy atom. The van der Waals surface area contributed by atoms with Crippen molar-refractivity contribution in [2.45, 2.75) is 58.6 Å². The smallest absolute Gasteiger partial charge is 0.0626 e. The molecule has 0 radical (unpaired) electrons. The van der Waals surface area contributed by atoms with Gasteiger partial charge in [-0.1, -0.05) is 6.42 Å². The number of ether oxygens (including phenoxy) is 1. The van der Waals surface area contributed by atoms with E-state index in [2.05, 4.69) is 32.6 Å². The highest BCUT2D eigenvalue weighted by atomic mass is 16.5. The van der Waals surface area contributed by atoms with Crippen LogP contribution in [0, 0.1) is 0 Å². The lowest BCUT2D eigenvalue weighted by molar-refractivity contribution is -0.0342. The lowest BCUT2D eigenvalue weighted by atomic mass is 10.1. The Hall–Kier alpha value is -0.0800. The van der Waals surface area contributed by atoms with Crippen molar-refractivity contribution >= 4 is 0 Å². The highest BCUT2D eigenvalue weighted by Gasteiger charge is 2.19. The van der Waals surface area contributed by atoms with Crippen molar-refractivity contribution in [2.24, 2.45) is 0 Å². The van der Waals surface area contributed by atoms with Crippen molar-refractivity contribution in [3.05, 3.63) is 0 Å². The van der Waals surface area contributed by atoms with Gasteiger partial charge in [0, 0.05) is 6.04 Å². The summed E-state index contributed by atoms with van der Waals surface area (Å²) < 4.78 is 5.80. The maximum absolute atomic E-state index is 5.80. The van der Waals surface area contributed by atoms with Gasteiger partial charge in [-0.3, -0.25) is 4.90 Å². The molecule has 1 rings (SSSR count). The van der Waals surface area contributed by atoms with Crippen molar-refractivity contribution in [3.8, 4) is 0 Å². The first-order chi connectivity index (χ1) is 6.49. The van der Waals surface area contributed by atoms with Crippen molar-refractivity contribution in [2.75, 3.05) is 19.7 Å². The predicted molar refractivity (Wildman–Crippen MR) is 60.6 cm³/mol. The van der Waals surface area contributed by atoms with Gasteiger partial charge in [0.1, 0.15) is 0 Å². The van der Waals surface area contributed by atoms with Crippen LogP contribution in [0.3, 0.4) is 0 Å². The van der Waals surface area contributed by atoms with Gasteiger partial charge in [-0.2, -0.15) is 0 Å². The zero-order chi connectivity index (χ0) is 10.6. The van der Waals surface area contributed by atoms with E-state index >= 15 is 0 Å². The molecule has 0 aromatic rings. The first kappa shape index (κ1) is 12.0. The molecule has 1 atom stereocenters. The number of hydrogen-bond donors (Lipinski definition) is 0. The quantitative estimate of drug-likeness (QED) is 0.693. The van der Waals surface area contributed by atoms with E-state index in [1.807, 2.05) is 0 Å². The minimum atomic E-state index is 0.00401. The maximum Gasteiger partial charge on any atom is 0.0626 e. The molecular weight excluding hydrogens is 174 g/mol. The van der Waals surface area contributed by atoms with Gasteiger partial charge in [0.25, 0.3) is 0 Å². The first-order valence-corrected chi connectivity index (χ1v) is 5.87. The summed E-state index contributed by atoms with van der Waals surface area (Å²) in [6.45, 7) is 12.0. The average molecular weight is 199 g/mol. The molecule has 1 aliphatic rings. The van der Waals surface area contributed by atoms with E-state index < -0.39 is 0 Å². The molecule has 1 heterocycles. The summed E-state index contributed by atoms with van der Waals surface area (Å²) in [5.41, 5.74) is 0.00401. The van der Waals surface area contributed by atoms with Gasteiger partial charge in [-0.15, -0.1) is 0 Å². The van der Waals surface area contributed by atoms with Crippen molar-refractivity contribution < 1.29 is 4.74 Å². The van der Waals surface area contributed by atoms with Crippen LogP contribution in [-0.2, 0) is 4.74 Å². The molecule has 1 unspecified atom stereocenters. The summed E-state index contributed by atoms with van der Waals surface area (Å²) in [4.78, 5) is 2.55. The van der Waals surface area contributed by atoms with Gasteiger partial charge in [-0.05, 0) is 53.6 Å². The van der Waals surface area contributed by atoms with E-state index in [4.69, 9.17) is 4.74 Å². The fourth-order valence-corrected chi connectivity index (χ4v) is 1.84. The van der Waals surface area contributed by atoms with E-state index in [-0.39, 0.29) is 5.60 Å². The molecule has 2 heteroatoms. The monoisotopic (exact) mass is 199 g/mol. The molecule has 2 nitrogen and oxygen atoms in total. The molecule has 0 saturated carbocycles. The fourth-order valence-electron chi connectivity index (χ4n) is 1.84. The minimum Gasteiger partial charge on any atom is -0.374 e. The normalized spacial score (nSPS) is 22.3. The van der Waals surface area contributed by atoms with Crippen LogP contribution < -0.4 is 0 Å². The van der Waals surface area contributed by atoms with Crippen LogP contribution in [0.2, 0.25) is 0 Å². The van der Waals surface area contributed by atoms with Crippen molar-refractivity contribution in [1.82, 2.24) is 4.90 Å². The Morgan fingerprint density at radius 1 is 1.14 bits per heavy atom. The lowest BCUT2D eigenvalue weighted by Crippen LogP contribution is -2.41. The molecule has 1 aliphatic heterocycles. The van der Waals surface area contributed by atoms with Gasteiger partial charge < -0.3 is 4.74 Å².